The van der Waals surface area contributed by atoms with Gasteiger partial charge in [0.1, 0.15) is 23.1 Å². The normalized spacial score (nSPS) is 14.0. The molecule has 0 saturated carbocycles. The first-order valence-corrected chi connectivity index (χ1v) is 8.76. The van der Waals surface area contributed by atoms with Crippen molar-refractivity contribution in [3.8, 4) is 5.75 Å². The van der Waals surface area contributed by atoms with Crippen LogP contribution in [0.25, 0.3) is 0 Å². The summed E-state index contributed by atoms with van der Waals surface area (Å²) < 4.78 is 5.38. The number of carbonyl (C=O) groups excluding carboxylic acids is 2. The Morgan fingerprint density at radius 1 is 1.15 bits per heavy atom. The van der Waals surface area contributed by atoms with Crippen molar-refractivity contribution >= 4 is 23.8 Å². The van der Waals surface area contributed by atoms with E-state index in [0.717, 1.165) is 17.7 Å². The van der Waals surface area contributed by atoms with Gasteiger partial charge in [0.15, 0.2) is 0 Å². The van der Waals surface area contributed by atoms with Crippen molar-refractivity contribution in [2.75, 3.05) is 38.6 Å². The zero-order valence-corrected chi connectivity index (χ0v) is 15.7. The van der Waals surface area contributed by atoms with E-state index in [-0.39, 0.29) is 5.91 Å². The molecule has 2 heterocycles. The van der Waals surface area contributed by atoms with Gasteiger partial charge in [0.2, 0.25) is 6.41 Å². The molecular formula is C19H23N5O3. The zero-order valence-electron chi connectivity index (χ0n) is 15.7. The molecule has 0 unspecified atom stereocenters. The molecule has 1 saturated heterocycles. The highest BCUT2D eigenvalue weighted by molar-refractivity contribution is 5.93. The fourth-order valence-corrected chi connectivity index (χ4v) is 2.99. The predicted molar refractivity (Wildman–Crippen MR) is 101 cm³/mol. The van der Waals surface area contributed by atoms with Crippen LogP contribution in [0.15, 0.2) is 24.3 Å². The standard InChI is InChI=1S/C19H23N5O3/c1-13-4-5-17(27-3)15(10-13)22-18-11-16(20-14(2)21-18)19(26)24-8-6-23(12-25)7-9-24/h4-5,10-12H,6-9H2,1-3H3,(H,20,21,22). The van der Waals surface area contributed by atoms with E-state index in [1.807, 2.05) is 25.1 Å². The molecule has 1 aromatic heterocycles. The molecule has 8 heteroatoms. The minimum absolute atomic E-state index is 0.162. The van der Waals surface area contributed by atoms with Crippen molar-refractivity contribution in [3.63, 3.8) is 0 Å². The topological polar surface area (TPSA) is 87.7 Å². The van der Waals surface area contributed by atoms with E-state index in [1.165, 1.54) is 0 Å². The first-order chi connectivity index (χ1) is 13.0. The van der Waals surface area contributed by atoms with Gasteiger partial charge >= 0.3 is 0 Å². The Labute approximate surface area is 158 Å². The first-order valence-electron chi connectivity index (χ1n) is 8.76. The molecule has 142 valence electrons. The van der Waals surface area contributed by atoms with Gasteiger partial charge in [-0.05, 0) is 31.5 Å². The molecule has 1 aliphatic rings. The van der Waals surface area contributed by atoms with Gasteiger partial charge in [-0.3, -0.25) is 9.59 Å². The van der Waals surface area contributed by atoms with Crippen LogP contribution in [-0.2, 0) is 4.79 Å². The summed E-state index contributed by atoms with van der Waals surface area (Å²) in [5, 5.41) is 3.22. The van der Waals surface area contributed by atoms with Gasteiger partial charge in [0.25, 0.3) is 5.91 Å². The lowest BCUT2D eigenvalue weighted by atomic mass is 10.2. The van der Waals surface area contributed by atoms with Gasteiger partial charge in [-0.2, -0.15) is 0 Å². The number of benzene rings is 1. The zero-order chi connectivity index (χ0) is 19.4. The average Bonchev–Trinajstić information content (AvgIpc) is 2.67. The number of hydrogen-bond acceptors (Lipinski definition) is 6. The Morgan fingerprint density at radius 2 is 1.89 bits per heavy atom. The van der Waals surface area contributed by atoms with Crippen LogP contribution in [0.3, 0.4) is 0 Å². The third kappa shape index (κ3) is 4.33. The van der Waals surface area contributed by atoms with Gasteiger partial charge in [0.05, 0.1) is 12.8 Å². The lowest BCUT2D eigenvalue weighted by Crippen LogP contribution is -2.48. The molecular weight excluding hydrogens is 346 g/mol. The number of anilines is 2. The molecule has 8 nitrogen and oxygen atoms in total. The first kappa shape index (κ1) is 18.6. The number of carbonyl (C=O) groups is 2. The fourth-order valence-electron chi connectivity index (χ4n) is 2.99. The van der Waals surface area contributed by atoms with Crippen LogP contribution in [0.2, 0.25) is 0 Å². The number of aryl methyl sites for hydroxylation is 2. The fraction of sp³-hybridized carbons (Fsp3) is 0.368. The van der Waals surface area contributed by atoms with Crippen LogP contribution in [-0.4, -0.2) is 65.4 Å². The molecule has 0 aliphatic carbocycles. The number of aromatic nitrogens is 2. The van der Waals surface area contributed by atoms with Crippen LogP contribution in [0.1, 0.15) is 21.9 Å². The van der Waals surface area contributed by atoms with Crippen LogP contribution in [0, 0.1) is 13.8 Å². The van der Waals surface area contributed by atoms with E-state index >= 15 is 0 Å². The molecule has 1 aliphatic heterocycles. The molecule has 2 aromatic rings. The molecule has 3 rings (SSSR count). The summed E-state index contributed by atoms with van der Waals surface area (Å²) in [6.45, 7) is 5.80. The van der Waals surface area contributed by atoms with Crippen molar-refractivity contribution in [1.29, 1.82) is 0 Å². The largest absolute Gasteiger partial charge is 0.495 e. The number of rotatable bonds is 5. The second-order valence-electron chi connectivity index (χ2n) is 6.45. The Morgan fingerprint density at radius 3 is 2.56 bits per heavy atom. The van der Waals surface area contributed by atoms with Crippen LogP contribution in [0.5, 0.6) is 5.75 Å². The molecule has 27 heavy (non-hydrogen) atoms. The Hall–Kier alpha value is -3.16. The highest BCUT2D eigenvalue weighted by atomic mass is 16.5. The van der Waals surface area contributed by atoms with E-state index in [2.05, 4.69) is 15.3 Å². The Bertz CT molecular complexity index is 847. The summed E-state index contributed by atoms with van der Waals surface area (Å²) in [5.74, 6) is 1.56. The third-order valence-electron chi connectivity index (χ3n) is 4.43. The molecule has 0 spiro atoms. The SMILES string of the molecule is COc1ccc(C)cc1Nc1cc(C(=O)N2CCN(C=O)CC2)nc(C)n1. The summed E-state index contributed by atoms with van der Waals surface area (Å²) in [6.07, 6.45) is 0.813. The minimum atomic E-state index is -0.162. The number of ether oxygens (including phenoxy) is 1. The average molecular weight is 369 g/mol. The number of nitrogens with one attached hydrogen (secondary N) is 1. The molecule has 1 fully saturated rings. The van der Waals surface area contributed by atoms with Crippen molar-refractivity contribution in [2.24, 2.45) is 0 Å². The van der Waals surface area contributed by atoms with Crippen molar-refractivity contribution < 1.29 is 14.3 Å². The van der Waals surface area contributed by atoms with Gasteiger partial charge in [-0.1, -0.05) is 6.07 Å². The van der Waals surface area contributed by atoms with Crippen molar-refractivity contribution in [1.82, 2.24) is 19.8 Å². The maximum absolute atomic E-state index is 12.8. The van der Waals surface area contributed by atoms with Crippen molar-refractivity contribution in [2.45, 2.75) is 13.8 Å². The highest BCUT2D eigenvalue weighted by Crippen LogP contribution is 2.28. The lowest BCUT2D eigenvalue weighted by molar-refractivity contribution is -0.119. The summed E-state index contributed by atoms with van der Waals surface area (Å²) in [5.41, 5.74) is 2.18. The van der Waals surface area contributed by atoms with Gasteiger partial charge < -0.3 is 19.9 Å². The smallest absolute Gasteiger partial charge is 0.272 e. The number of methoxy groups -OCH3 is 1. The van der Waals surface area contributed by atoms with Gasteiger partial charge in [-0.25, -0.2) is 9.97 Å². The minimum Gasteiger partial charge on any atom is -0.495 e. The maximum atomic E-state index is 12.8. The Kier molecular flexibility index (Phi) is 5.54. The molecule has 1 N–H and O–H groups in total. The predicted octanol–water partition coefficient (Wildman–Crippen LogP) is 1.76. The second kappa shape index (κ2) is 8.03. The second-order valence-corrected chi connectivity index (χ2v) is 6.45. The Balaban J connectivity index is 1.81. The monoisotopic (exact) mass is 369 g/mol. The van der Waals surface area contributed by atoms with E-state index in [9.17, 15) is 9.59 Å². The summed E-state index contributed by atoms with van der Waals surface area (Å²) in [4.78, 5) is 35.7. The maximum Gasteiger partial charge on any atom is 0.272 e. The summed E-state index contributed by atoms with van der Waals surface area (Å²) >= 11 is 0. The summed E-state index contributed by atoms with van der Waals surface area (Å²) in [7, 11) is 1.61. The molecule has 1 aromatic carbocycles. The van der Waals surface area contributed by atoms with Crippen LogP contribution in [0.4, 0.5) is 11.5 Å². The van der Waals surface area contributed by atoms with Crippen LogP contribution >= 0.6 is 0 Å². The third-order valence-corrected chi connectivity index (χ3v) is 4.43. The number of nitrogens with zero attached hydrogens (tertiary/aromatic N) is 4. The molecule has 2 amide bonds. The molecule has 0 radical (unpaired) electrons. The van der Waals surface area contributed by atoms with E-state index < -0.39 is 0 Å². The van der Waals surface area contributed by atoms with Gasteiger partial charge in [-0.15, -0.1) is 0 Å². The lowest BCUT2D eigenvalue weighted by Gasteiger charge is -2.32. The molecule has 0 bridgehead atoms. The van der Waals surface area contributed by atoms with Crippen molar-refractivity contribution in [3.05, 3.63) is 41.3 Å². The van der Waals surface area contributed by atoms with E-state index in [0.29, 0.717) is 49.3 Å². The highest BCUT2D eigenvalue weighted by Gasteiger charge is 2.23. The van der Waals surface area contributed by atoms with Gasteiger partial charge in [0, 0.05) is 32.2 Å². The van der Waals surface area contributed by atoms with E-state index in [1.54, 1.807) is 29.9 Å². The summed E-state index contributed by atoms with van der Waals surface area (Å²) in [6, 6.07) is 7.44. The number of hydrogen-bond donors (Lipinski definition) is 1. The number of piperazine rings is 1. The van der Waals surface area contributed by atoms with Crippen LogP contribution < -0.4 is 10.1 Å². The molecule has 0 atom stereocenters. The van der Waals surface area contributed by atoms with E-state index in [4.69, 9.17) is 4.74 Å². The number of amides is 2. The quantitative estimate of drug-likeness (QED) is 0.808.